The van der Waals surface area contributed by atoms with Gasteiger partial charge >= 0.3 is 0 Å². The van der Waals surface area contributed by atoms with Crippen LogP contribution in [-0.2, 0) is 6.42 Å². The Morgan fingerprint density at radius 1 is 1.17 bits per heavy atom. The van der Waals surface area contributed by atoms with E-state index in [0.29, 0.717) is 12.0 Å². The summed E-state index contributed by atoms with van der Waals surface area (Å²) in [5.74, 6) is -1.01. The molecule has 0 aliphatic heterocycles. The molecular formula is C15H23F2N. The lowest BCUT2D eigenvalue weighted by Gasteiger charge is -2.24. The first-order chi connectivity index (χ1) is 8.58. The Labute approximate surface area is 109 Å². The predicted molar refractivity (Wildman–Crippen MR) is 71.6 cm³/mol. The number of benzene rings is 1. The second-order valence-electron chi connectivity index (χ2n) is 4.88. The van der Waals surface area contributed by atoms with Gasteiger partial charge in [-0.15, -0.1) is 0 Å². The SMILES string of the molecule is CCCC(C)C(Cc1ccc(F)c(F)c1)NCC. The van der Waals surface area contributed by atoms with Crippen LogP contribution in [0.2, 0.25) is 0 Å². The van der Waals surface area contributed by atoms with Gasteiger partial charge in [0, 0.05) is 6.04 Å². The van der Waals surface area contributed by atoms with Crippen LogP contribution in [0.15, 0.2) is 18.2 Å². The van der Waals surface area contributed by atoms with Gasteiger partial charge in [-0.3, -0.25) is 0 Å². The van der Waals surface area contributed by atoms with Crippen molar-refractivity contribution in [3.63, 3.8) is 0 Å². The van der Waals surface area contributed by atoms with Crippen molar-refractivity contribution in [1.29, 1.82) is 0 Å². The third kappa shape index (κ3) is 4.37. The quantitative estimate of drug-likeness (QED) is 0.778. The largest absolute Gasteiger partial charge is 0.314 e. The Morgan fingerprint density at radius 2 is 1.89 bits per heavy atom. The van der Waals surface area contributed by atoms with Crippen LogP contribution in [-0.4, -0.2) is 12.6 Å². The molecule has 0 saturated carbocycles. The van der Waals surface area contributed by atoms with E-state index in [0.717, 1.165) is 31.4 Å². The van der Waals surface area contributed by atoms with E-state index in [4.69, 9.17) is 0 Å². The van der Waals surface area contributed by atoms with Crippen molar-refractivity contribution in [2.75, 3.05) is 6.54 Å². The number of hydrogen-bond acceptors (Lipinski definition) is 1. The van der Waals surface area contributed by atoms with Crippen molar-refractivity contribution in [1.82, 2.24) is 5.32 Å². The van der Waals surface area contributed by atoms with Crippen LogP contribution in [0.3, 0.4) is 0 Å². The van der Waals surface area contributed by atoms with E-state index in [1.54, 1.807) is 6.07 Å². The van der Waals surface area contributed by atoms with E-state index >= 15 is 0 Å². The van der Waals surface area contributed by atoms with E-state index in [1.165, 1.54) is 12.1 Å². The Balaban J connectivity index is 2.72. The highest BCUT2D eigenvalue weighted by Gasteiger charge is 2.16. The summed E-state index contributed by atoms with van der Waals surface area (Å²) in [6.07, 6.45) is 3.02. The Hall–Kier alpha value is -0.960. The molecule has 2 unspecified atom stereocenters. The first-order valence-corrected chi connectivity index (χ1v) is 6.75. The lowest BCUT2D eigenvalue weighted by Crippen LogP contribution is -2.36. The van der Waals surface area contributed by atoms with Gasteiger partial charge in [-0.05, 0) is 43.0 Å². The number of halogens is 2. The molecule has 0 radical (unpaired) electrons. The summed E-state index contributed by atoms with van der Waals surface area (Å²) in [7, 11) is 0. The second-order valence-corrected chi connectivity index (χ2v) is 4.88. The van der Waals surface area contributed by atoms with Crippen molar-refractivity contribution in [3.8, 4) is 0 Å². The maximum atomic E-state index is 13.2. The molecule has 102 valence electrons. The fraction of sp³-hybridized carbons (Fsp3) is 0.600. The molecule has 0 fully saturated rings. The first kappa shape index (κ1) is 15.1. The van der Waals surface area contributed by atoms with Crippen molar-refractivity contribution in [3.05, 3.63) is 35.4 Å². The van der Waals surface area contributed by atoms with Crippen LogP contribution >= 0.6 is 0 Å². The third-order valence-corrected chi connectivity index (χ3v) is 3.34. The average molecular weight is 255 g/mol. The van der Waals surface area contributed by atoms with Crippen molar-refractivity contribution < 1.29 is 8.78 Å². The summed E-state index contributed by atoms with van der Waals surface area (Å²) in [4.78, 5) is 0. The van der Waals surface area contributed by atoms with E-state index < -0.39 is 11.6 Å². The maximum Gasteiger partial charge on any atom is 0.159 e. The summed E-state index contributed by atoms with van der Waals surface area (Å²) in [5.41, 5.74) is 0.850. The highest BCUT2D eigenvalue weighted by atomic mass is 19.2. The summed E-state index contributed by atoms with van der Waals surface area (Å²) in [5, 5.41) is 3.43. The van der Waals surface area contributed by atoms with Gasteiger partial charge in [0.1, 0.15) is 0 Å². The molecule has 0 amide bonds. The molecule has 2 atom stereocenters. The topological polar surface area (TPSA) is 12.0 Å². The molecule has 18 heavy (non-hydrogen) atoms. The first-order valence-electron chi connectivity index (χ1n) is 6.75. The number of hydrogen-bond donors (Lipinski definition) is 1. The average Bonchev–Trinajstić information content (AvgIpc) is 2.33. The zero-order valence-corrected chi connectivity index (χ0v) is 11.5. The number of rotatable bonds is 7. The highest BCUT2D eigenvalue weighted by Crippen LogP contribution is 2.17. The molecule has 0 heterocycles. The number of likely N-dealkylation sites (N-methyl/N-ethyl adjacent to an activating group) is 1. The molecule has 0 bridgehead atoms. The van der Waals surface area contributed by atoms with Gasteiger partial charge < -0.3 is 5.32 Å². The normalized spacial score (nSPS) is 14.5. The molecule has 1 nitrogen and oxygen atoms in total. The number of nitrogens with one attached hydrogen (secondary N) is 1. The lowest BCUT2D eigenvalue weighted by molar-refractivity contribution is 0.357. The van der Waals surface area contributed by atoms with E-state index in [9.17, 15) is 8.78 Å². The molecule has 0 spiro atoms. The van der Waals surface area contributed by atoms with Crippen LogP contribution in [0, 0.1) is 17.6 Å². The van der Waals surface area contributed by atoms with Gasteiger partial charge in [0.2, 0.25) is 0 Å². The standard InChI is InChI=1S/C15H23F2N/c1-4-6-11(3)15(18-5-2)10-12-7-8-13(16)14(17)9-12/h7-9,11,15,18H,4-6,10H2,1-3H3. The van der Waals surface area contributed by atoms with Gasteiger partial charge in [-0.25, -0.2) is 8.78 Å². The van der Waals surface area contributed by atoms with Crippen molar-refractivity contribution in [2.24, 2.45) is 5.92 Å². The molecule has 1 aromatic carbocycles. The zero-order valence-electron chi connectivity index (χ0n) is 11.5. The molecule has 1 aromatic rings. The van der Waals surface area contributed by atoms with Gasteiger partial charge in [0.05, 0.1) is 0 Å². The fourth-order valence-corrected chi connectivity index (χ4v) is 2.31. The minimum Gasteiger partial charge on any atom is -0.314 e. The van der Waals surface area contributed by atoms with Gasteiger partial charge in [0.25, 0.3) is 0 Å². The molecule has 0 aliphatic carbocycles. The maximum absolute atomic E-state index is 13.2. The molecule has 1 N–H and O–H groups in total. The van der Waals surface area contributed by atoms with E-state index in [1.807, 2.05) is 0 Å². The van der Waals surface area contributed by atoms with Crippen LogP contribution in [0.5, 0.6) is 0 Å². The van der Waals surface area contributed by atoms with Crippen molar-refractivity contribution >= 4 is 0 Å². The zero-order chi connectivity index (χ0) is 13.5. The van der Waals surface area contributed by atoms with E-state index in [-0.39, 0.29) is 0 Å². The van der Waals surface area contributed by atoms with Gasteiger partial charge in [-0.2, -0.15) is 0 Å². The Bertz CT molecular complexity index is 366. The molecule has 0 aliphatic rings. The summed E-state index contributed by atoms with van der Waals surface area (Å²) >= 11 is 0. The molecule has 0 saturated heterocycles. The summed E-state index contributed by atoms with van der Waals surface area (Å²) < 4.78 is 26.0. The molecule has 3 heteroatoms. The highest BCUT2D eigenvalue weighted by molar-refractivity contribution is 5.19. The summed E-state index contributed by atoms with van der Waals surface area (Å²) in [6, 6.07) is 4.50. The Kier molecular flexibility index (Phi) is 6.27. The van der Waals surface area contributed by atoms with Gasteiger partial charge in [-0.1, -0.05) is 33.3 Å². The van der Waals surface area contributed by atoms with Crippen LogP contribution in [0.4, 0.5) is 8.78 Å². The molecule has 0 aromatic heterocycles. The molecule has 1 rings (SSSR count). The second kappa shape index (κ2) is 7.47. The third-order valence-electron chi connectivity index (χ3n) is 3.34. The smallest absolute Gasteiger partial charge is 0.159 e. The van der Waals surface area contributed by atoms with E-state index in [2.05, 4.69) is 26.1 Å². The fourth-order valence-electron chi connectivity index (χ4n) is 2.31. The Morgan fingerprint density at radius 3 is 2.44 bits per heavy atom. The minimum absolute atomic E-state index is 0.319. The van der Waals surface area contributed by atoms with Crippen LogP contribution in [0.25, 0.3) is 0 Å². The monoisotopic (exact) mass is 255 g/mol. The van der Waals surface area contributed by atoms with Crippen LogP contribution in [0.1, 0.15) is 39.2 Å². The summed E-state index contributed by atoms with van der Waals surface area (Å²) in [6.45, 7) is 7.33. The molecular weight excluding hydrogens is 232 g/mol. The van der Waals surface area contributed by atoms with Crippen LogP contribution < -0.4 is 5.32 Å². The lowest BCUT2D eigenvalue weighted by atomic mass is 9.91. The minimum atomic E-state index is -0.777. The van der Waals surface area contributed by atoms with Gasteiger partial charge in [0.15, 0.2) is 11.6 Å². The van der Waals surface area contributed by atoms with Crippen molar-refractivity contribution in [2.45, 2.75) is 46.1 Å². The predicted octanol–water partition coefficient (Wildman–Crippen LogP) is 3.92.